The summed E-state index contributed by atoms with van der Waals surface area (Å²) < 4.78 is 24.7. The lowest BCUT2D eigenvalue weighted by Crippen LogP contribution is -2.22. The Kier molecular flexibility index (Phi) is 4.20. The first-order valence-electron chi connectivity index (χ1n) is 4.32. The van der Waals surface area contributed by atoms with Crippen molar-refractivity contribution in [3.05, 3.63) is 27.7 Å². The van der Waals surface area contributed by atoms with Crippen LogP contribution >= 0.6 is 23.2 Å². The van der Waals surface area contributed by atoms with Crippen LogP contribution in [-0.4, -0.2) is 31.9 Å². The Hall–Kier alpha value is -0.330. The van der Waals surface area contributed by atoms with Gasteiger partial charge in [0.25, 0.3) is 0 Å². The molecule has 1 N–H and O–H groups in total. The fourth-order valence-electron chi connectivity index (χ4n) is 1.09. The van der Waals surface area contributed by atoms with E-state index in [0.29, 0.717) is 5.56 Å². The SMILES string of the molecule is CN(C)S(=O)(=O)c1cc(CO)c(Cl)cc1Cl. The normalized spacial score (nSPS) is 12.1. The summed E-state index contributed by atoms with van der Waals surface area (Å²) in [6.07, 6.45) is 0. The molecule has 7 heteroatoms. The second-order valence-corrected chi connectivity index (χ2v) is 6.25. The Morgan fingerprint density at radius 1 is 1.25 bits per heavy atom. The van der Waals surface area contributed by atoms with Gasteiger partial charge in [0.05, 0.1) is 11.6 Å². The summed E-state index contributed by atoms with van der Waals surface area (Å²) in [7, 11) is -0.822. The van der Waals surface area contributed by atoms with Gasteiger partial charge in [-0.1, -0.05) is 23.2 Å². The van der Waals surface area contributed by atoms with Crippen LogP contribution in [0.5, 0.6) is 0 Å². The van der Waals surface area contributed by atoms with Crippen molar-refractivity contribution < 1.29 is 13.5 Å². The van der Waals surface area contributed by atoms with Crippen molar-refractivity contribution >= 4 is 33.2 Å². The minimum Gasteiger partial charge on any atom is -0.392 e. The third-order valence-electron chi connectivity index (χ3n) is 2.03. The molecule has 0 saturated heterocycles. The monoisotopic (exact) mass is 283 g/mol. The maximum Gasteiger partial charge on any atom is 0.244 e. The fourth-order valence-corrected chi connectivity index (χ4v) is 2.81. The molecule has 0 heterocycles. The largest absolute Gasteiger partial charge is 0.392 e. The Morgan fingerprint density at radius 2 is 1.81 bits per heavy atom. The Bertz CT molecular complexity index is 500. The van der Waals surface area contributed by atoms with Gasteiger partial charge in [0.2, 0.25) is 10.0 Å². The van der Waals surface area contributed by atoms with Gasteiger partial charge in [0, 0.05) is 19.1 Å². The average Bonchev–Trinajstić information content (AvgIpc) is 2.17. The zero-order chi connectivity index (χ0) is 12.5. The van der Waals surface area contributed by atoms with E-state index < -0.39 is 10.0 Å². The Balaban J connectivity index is 3.47. The number of nitrogens with zero attached hydrogens (tertiary/aromatic N) is 1. The van der Waals surface area contributed by atoms with Crippen LogP contribution < -0.4 is 0 Å². The molecule has 0 aliphatic carbocycles. The zero-order valence-corrected chi connectivity index (χ0v) is 11.1. The summed E-state index contributed by atoms with van der Waals surface area (Å²) in [4.78, 5) is -0.0624. The van der Waals surface area contributed by atoms with E-state index in [2.05, 4.69) is 0 Å². The standard InChI is InChI=1S/C9H11Cl2NO3S/c1-12(2)16(14,15)9-3-6(5-13)7(10)4-8(9)11/h3-4,13H,5H2,1-2H3. The average molecular weight is 284 g/mol. The Morgan fingerprint density at radius 3 is 2.25 bits per heavy atom. The zero-order valence-electron chi connectivity index (χ0n) is 8.74. The van der Waals surface area contributed by atoms with Crippen molar-refractivity contribution in [1.82, 2.24) is 4.31 Å². The van der Waals surface area contributed by atoms with Crippen molar-refractivity contribution in [3.63, 3.8) is 0 Å². The molecule has 1 rings (SSSR count). The van der Waals surface area contributed by atoms with Crippen molar-refractivity contribution in [3.8, 4) is 0 Å². The molecule has 0 saturated carbocycles. The number of aliphatic hydroxyl groups is 1. The molecule has 0 atom stereocenters. The number of benzene rings is 1. The molecule has 0 aliphatic heterocycles. The van der Waals surface area contributed by atoms with Crippen molar-refractivity contribution in [1.29, 1.82) is 0 Å². The molecule has 0 radical (unpaired) electrons. The lowest BCUT2D eigenvalue weighted by atomic mass is 10.2. The van der Waals surface area contributed by atoms with Crippen LogP contribution in [0.4, 0.5) is 0 Å². The van der Waals surface area contributed by atoms with Gasteiger partial charge in [0.15, 0.2) is 0 Å². The predicted molar refractivity (Wildman–Crippen MR) is 63.3 cm³/mol. The van der Waals surface area contributed by atoms with Gasteiger partial charge in [-0.15, -0.1) is 0 Å². The highest BCUT2D eigenvalue weighted by atomic mass is 35.5. The summed E-state index contributed by atoms with van der Waals surface area (Å²) >= 11 is 11.6. The van der Waals surface area contributed by atoms with Gasteiger partial charge in [-0.25, -0.2) is 12.7 Å². The van der Waals surface area contributed by atoms with Gasteiger partial charge in [-0.3, -0.25) is 0 Å². The van der Waals surface area contributed by atoms with Crippen LogP contribution in [-0.2, 0) is 16.6 Å². The molecule has 4 nitrogen and oxygen atoms in total. The lowest BCUT2D eigenvalue weighted by molar-refractivity contribution is 0.281. The topological polar surface area (TPSA) is 57.6 Å². The van der Waals surface area contributed by atoms with E-state index in [4.69, 9.17) is 28.3 Å². The third kappa shape index (κ3) is 2.49. The number of rotatable bonds is 3. The third-order valence-corrected chi connectivity index (χ3v) is 4.66. The van der Waals surface area contributed by atoms with Gasteiger partial charge in [-0.05, 0) is 17.7 Å². The predicted octanol–water partition coefficient (Wildman–Crippen LogP) is 1.74. The molecule has 1 aromatic carbocycles. The lowest BCUT2D eigenvalue weighted by Gasteiger charge is -2.14. The number of hydrogen-bond donors (Lipinski definition) is 1. The first-order chi connectivity index (χ1) is 7.30. The number of sulfonamides is 1. The smallest absolute Gasteiger partial charge is 0.244 e. The van der Waals surface area contributed by atoms with E-state index in [-0.39, 0.29) is 21.5 Å². The van der Waals surface area contributed by atoms with Gasteiger partial charge in [-0.2, -0.15) is 0 Å². The first-order valence-corrected chi connectivity index (χ1v) is 6.51. The summed E-state index contributed by atoms with van der Waals surface area (Å²) in [6, 6.07) is 2.59. The molecule has 1 aromatic rings. The molecule has 0 amide bonds. The van der Waals surface area contributed by atoms with E-state index in [9.17, 15) is 8.42 Å². The number of halogens is 2. The number of hydrogen-bond acceptors (Lipinski definition) is 3. The minimum atomic E-state index is -3.63. The second-order valence-electron chi connectivity index (χ2n) is 3.32. The van der Waals surface area contributed by atoms with Crippen LogP contribution in [0.3, 0.4) is 0 Å². The van der Waals surface area contributed by atoms with E-state index in [0.717, 1.165) is 4.31 Å². The molecular formula is C9H11Cl2NO3S. The highest BCUT2D eigenvalue weighted by Gasteiger charge is 2.22. The van der Waals surface area contributed by atoms with Crippen molar-refractivity contribution in [2.75, 3.05) is 14.1 Å². The summed E-state index contributed by atoms with van der Waals surface area (Å²) in [5.41, 5.74) is 0.325. The fraction of sp³-hybridized carbons (Fsp3) is 0.333. The van der Waals surface area contributed by atoms with E-state index >= 15 is 0 Å². The molecule has 0 spiro atoms. The Labute approximate surface area is 104 Å². The van der Waals surface area contributed by atoms with Crippen LogP contribution in [0.1, 0.15) is 5.56 Å². The molecule has 0 fully saturated rings. The van der Waals surface area contributed by atoms with Crippen molar-refractivity contribution in [2.45, 2.75) is 11.5 Å². The minimum absolute atomic E-state index is 0.0379. The second kappa shape index (κ2) is 4.89. The molecule has 16 heavy (non-hydrogen) atoms. The van der Waals surface area contributed by atoms with Gasteiger partial charge >= 0.3 is 0 Å². The van der Waals surface area contributed by atoms with Gasteiger partial charge < -0.3 is 5.11 Å². The molecule has 0 aliphatic rings. The molecule has 0 bridgehead atoms. The van der Waals surface area contributed by atoms with E-state index in [1.807, 2.05) is 0 Å². The van der Waals surface area contributed by atoms with E-state index in [1.54, 1.807) is 0 Å². The summed E-state index contributed by atoms with van der Waals surface area (Å²) in [6.45, 7) is -0.341. The van der Waals surface area contributed by atoms with Crippen LogP contribution in [0.2, 0.25) is 10.0 Å². The summed E-state index contributed by atoms with van der Waals surface area (Å²) in [5, 5.41) is 9.28. The maximum atomic E-state index is 11.8. The van der Waals surface area contributed by atoms with Crippen LogP contribution in [0.25, 0.3) is 0 Å². The van der Waals surface area contributed by atoms with Gasteiger partial charge in [0.1, 0.15) is 4.90 Å². The number of aliphatic hydroxyl groups excluding tert-OH is 1. The molecule has 0 unspecified atom stereocenters. The van der Waals surface area contributed by atoms with Crippen LogP contribution in [0, 0.1) is 0 Å². The molecule has 90 valence electrons. The summed E-state index contributed by atoms with van der Waals surface area (Å²) in [5.74, 6) is 0. The quantitative estimate of drug-likeness (QED) is 0.919. The van der Waals surface area contributed by atoms with Crippen molar-refractivity contribution in [2.24, 2.45) is 0 Å². The first kappa shape index (κ1) is 13.7. The molecule has 0 aromatic heterocycles. The maximum absolute atomic E-state index is 11.8. The highest BCUT2D eigenvalue weighted by molar-refractivity contribution is 7.89. The van der Waals surface area contributed by atoms with Crippen LogP contribution in [0.15, 0.2) is 17.0 Å². The molecular weight excluding hydrogens is 273 g/mol. The highest BCUT2D eigenvalue weighted by Crippen LogP contribution is 2.29. The van der Waals surface area contributed by atoms with E-state index in [1.165, 1.54) is 26.2 Å².